The summed E-state index contributed by atoms with van der Waals surface area (Å²) in [7, 11) is 0. The highest BCUT2D eigenvalue weighted by Crippen LogP contribution is 2.27. The largest absolute Gasteiger partial charge is 0.394 e. The van der Waals surface area contributed by atoms with Gasteiger partial charge in [-0.05, 0) is 13.3 Å². The van der Waals surface area contributed by atoms with Gasteiger partial charge in [0.1, 0.15) is 18.0 Å². The second kappa shape index (κ2) is 6.16. The quantitative estimate of drug-likeness (QED) is 0.830. The predicted molar refractivity (Wildman–Crippen MR) is 74.1 cm³/mol. The fraction of sp³-hybridized carbons (Fsp3) is 0.692. The molecule has 0 aromatic carbocycles. The van der Waals surface area contributed by atoms with Crippen LogP contribution in [-0.4, -0.2) is 47.0 Å². The smallest absolute Gasteiger partial charge is 0.137 e. The van der Waals surface area contributed by atoms with Crippen LogP contribution in [0.5, 0.6) is 0 Å². The number of nitrogens with two attached hydrogens (primary N) is 1. The fourth-order valence-electron chi connectivity index (χ4n) is 2.38. The molecule has 1 aliphatic heterocycles. The molecule has 1 saturated heterocycles. The number of aromatic nitrogens is 2. The molecule has 2 rings (SSSR count). The lowest BCUT2D eigenvalue weighted by molar-refractivity contribution is -0.0106. The zero-order valence-electron chi connectivity index (χ0n) is 11.5. The van der Waals surface area contributed by atoms with Crippen molar-refractivity contribution in [2.45, 2.75) is 38.8 Å². The number of ether oxygens (including phenoxy) is 1. The van der Waals surface area contributed by atoms with Crippen LogP contribution in [0.3, 0.4) is 0 Å². The highest BCUT2D eigenvalue weighted by atomic mass is 16.5. The minimum absolute atomic E-state index is 0.0207. The number of aliphatic hydroxyl groups excluding tert-OH is 1. The number of hydrogen-bond donors (Lipinski definition) is 2. The highest BCUT2D eigenvalue weighted by molar-refractivity contribution is 5.57. The molecule has 19 heavy (non-hydrogen) atoms. The van der Waals surface area contributed by atoms with Crippen molar-refractivity contribution in [3.8, 4) is 0 Å². The van der Waals surface area contributed by atoms with Gasteiger partial charge in [0.2, 0.25) is 0 Å². The Hall–Kier alpha value is -1.40. The Balaban J connectivity index is 2.31. The van der Waals surface area contributed by atoms with Gasteiger partial charge in [-0.2, -0.15) is 0 Å². The Morgan fingerprint density at radius 1 is 1.53 bits per heavy atom. The van der Waals surface area contributed by atoms with E-state index in [2.05, 4.69) is 28.7 Å². The number of anilines is 2. The molecule has 3 N–H and O–H groups in total. The maximum atomic E-state index is 9.26. The minimum Gasteiger partial charge on any atom is -0.394 e. The van der Waals surface area contributed by atoms with E-state index < -0.39 is 0 Å². The Labute approximate surface area is 113 Å². The molecular formula is C13H22N4O2. The van der Waals surface area contributed by atoms with Crippen LogP contribution in [0, 0.1) is 0 Å². The summed E-state index contributed by atoms with van der Waals surface area (Å²) in [5.41, 5.74) is 6.96. The lowest BCUT2D eigenvalue weighted by Crippen LogP contribution is -2.50. The zero-order chi connectivity index (χ0) is 13.8. The molecule has 106 valence electrons. The maximum absolute atomic E-state index is 9.26. The van der Waals surface area contributed by atoms with Gasteiger partial charge >= 0.3 is 0 Å². The average molecular weight is 266 g/mol. The first-order valence-electron chi connectivity index (χ1n) is 6.75. The van der Waals surface area contributed by atoms with Crippen LogP contribution >= 0.6 is 0 Å². The van der Waals surface area contributed by atoms with Gasteiger partial charge in [0.05, 0.1) is 25.4 Å². The molecule has 0 saturated carbocycles. The fourth-order valence-corrected chi connectivity index (χ4v) is 2.38. The van der Waals surface area contributed by atoms with Gasteiger partial charge in [0.25, 0.3) is 0 Å². The predicted octanol–water partition coefficient (Wildman–Crippen LogP) is 0.597. The normalized spacial score (nSPS) is 23.6. The summed E-state index contributed by atoms with van der Waals surface area (Å²) in [6.45, 7) is 5.43. The van der Waals surface area contributed by atoms with Crippen LogP contribution in [-0.2, 0) is 11.2 Å². The Morgan fingerprint density at radius 3 is 3.00 bits per heavy atom. The Kier molecular flexibility index (Phi) is 4.55. The van der Waals surface area contributed by atoms with Crippen molar-refractivity contribution in [1.82, 2.24) is 9.97 Å². The van der Waals surface area contributed by atoms with E-state index in [1.54, 1.807) is 0 Å². The van der Waals surface area contributed by atoms with Crippen molar-refractivity contribution in [2.24, 2.45) is 0 Å². The minimum atomic E-state index is -0.165. The van der Waals surface area contributed by atoms with Crippen LogP contribution < -0.4 is 10.6 Å². The first kappa shape index (κ1) is 14.0. The van der Waals surface area contributed by atoms with E-state index in [9.17, 15) is 5.11 Å². The average Bonchev–Trinajstić information content (AvgIpc) is 2.42. The molecule has 1 aliphatic rings. The van der Waals surface area contributed by atoms with E-state index in [0.29, 0.717) is 19.0 Å². The Bertz CT molecular complexity index is 427. The summed E-state index contributed by atoms with van der Waals surface area (Å²) in [4.78, 5) is 10.6. The second-order valence-electron chi connectivity index (χ2n) is 4.95. The molecule has 1 aromatic heterocycles. The summed E-state index contributed by atoms with van der Waals surface area (Å²) < 4.78 is 5.55. The zero-order valence-corrected chi connectivity index (χ0v) is 11.5. The third-order valence-electron chi connectivity index (χ3n) is 3.44. The molecule has 0 spiro atoms. The molecule has 1 fully saturated rings. The standard InChI is InChI=1S/C13H22N4O2/c1-3-4-11-12(14)15-8-16-13(11)17-5-10(6-18)19-7-9(17)2/h8-10,18H,3-7H2,1-2H3,(H2,14,15,16). The third kappa shape index (κ3) is 2.96. The SMILES string of the molecule is CCCc1c(N)ncnc1N1CC(CO)OCC1C. The van der Waals surface area contributed by atoms with Gasteiger partial charge in [-0.15, -0.1) is 0 Å². The molecule has 1 aromatic rings. The van der Waals surface area contributed by atoms with Gasteiger partial charge in [-0.3, -0.25) is 0 Å². The van der Waals surface area contributed by atoms with E-state index in [-0.39, 0.29) is 18.8 Å². The van der Waals surface area contributed by atoms with Gasteiger partial charge in [0.15, 0.2) is 0 Å². The maximum Gasteiger partial charge on any atom is 0.137 e. The summed E-state index contributed by atoms with van der Waals surface area (Å²) in [6.07, 6.45) is 3.18. The summed E-state index contributed by atoms with van der Waals surface area (Å²) in [5.74, 6) is 1.43. The molecule has 6 nitrogen and oxygen atoms in total. The molecule has 0 radical (unpaired) electrons. The monoisotopic (exact) mass is 266 g/mol. The topological polar surface area (TPSA) is 84.5 Å². The lowest BCUT2D eigenvalue weighted by Gasteiger charge is -2.39. The number of aliphatic hydroxyl groups is 1. The molecule has 0 aliphatic carbocycles. The van der Waals surface area contributed by atoms with E-state index in [4.69, 9.17) is 10.5 Å². The second-order valence-corrected chi connectivity index (χ2v) is 4.95. The van der Waals surface area contributed by atoms with Gasteiger partial charge < -0.3 is 20.5 Å². The van der Waals surface area contributed by atoms with Crippen molar-refractivity contribution < 1.29 is 9.84 Å². The molecule has 0 bridgehead atoms. The summed E-state index contributed by atoms with van der Waals surface area (Å²) >= 11 is 0. The van der Waals surface area contributed by atoms with Crippen LogP contribution in [0.25, 0.3) is 0 Å². The van der Waals surface area contributed by atoms with Crippen molar-refractivity contribution in [1.29, 1.82) is 0 Å². The first-order valence-corrected chi connectivity index (χ1v) is 6.75. The van der Waals surface area contributed by atoms with Crippen LogP contribution in [0.15, 0.2) is 6.33 Å². The van der Waals surface area contributed by atoms with E-state index in [1.807, 2.05) is 0 Å². The van der Waals surface area contributed by atoms with Gasteiger partial charge in [-0.1, -0.05) is 13.3 Å². The highest BCUT2D eigenvalue weighted by Gasteiger charge is 2.28. The lowest BCUT2D eigenvalue weighted by atomic mass is 10.1. The molecule has 0 amide bonds. The molecule has 6 heteroatoms. The van der Waals surface area contributed by atoms with Gasteiger partial charge in [0, 0.05) is 12.1 Å². The molecule has 2 atom stereocenters. The van der Waals surface area contributed by atoms with Crippen molar-refractivity contribution >= 4 is 11.6 Å². The number of nitrogens with zero attached hydrogens (tertiary/aromatic N) is 3. The number of rotatable bonds is 4. The van der Waals surface area contributed by atoms with E-state index in [1.165, 1.54) is 6.33 Å². The Morgan fingerprint density at radius 2 is 2.32 bits per heavy atom. The molecule has 2 unspecified atom stereocenters. The van der Waals surface area contributed by atoms with Crippen molar-refractivity contribution in [3.63, 3.8) is 0 Å². The third-order valence-corrected chi connectivity index (χ3v) is 3.44. The van der Waals surface area contributed by atoms with Crippen molar-refractivity contribution in [2.75, 3.05) is 30.4 Å². The molecular weight excluding hydrogens is 244 g/mol. The summed E-state index contributed by atoms with van der Waals surface area (Å²) in [5, 5.41) is 9.26. The first-order chi connectivity index (χ1) is 9.17. The van der Waals surface area contributed by atoms with Gasteiger partial charge in [-0.25, -0.2) is 9.97 Å². The van der Waals surface area contributed by atoms with Crippen LogP contribution in [0.4, 0.5) is 11.6 Å². The number of hydrogen-bond acceptors (Lipinski definition) is 6. The van der Waals surface area contributed by atoms with Crippen molar-refractivity contribution in [3.05, 3.63) is 11.9 Å². The molecule has 2 heterocycles. The van der Waals surface area contributed by atoms with E-state index in [0.717, 1.165) is 24.2 Å². The van der Waals surface area contributed by atoms with Crippen LogP contribution in [0.1, 0.15) is 25.8 Å². The number of nitrogen functional groups attached to an aromatic ring is 1. The number of morpholine rings is 1. The van der Waals surface area contributed by atoms with Crippen LogP contribution in [0.2, 0.25) is 0 Å². The van der Waals surface area contributed by atoms with E-state index >= 15 is 0 Å². The summed E-state index contributed by atoms with van der Waals surface area (Å²) in [6, 6.07) is 0.215.